The summed E-state index contributed by atoms with van der Waals surface area (Å²) < 4.78 is 0.914. The maximum Gasteiger partial charge on any atom is 0.210 e. The second-order valence-electron chi connectivity index (χ2n) is 4.43. The maximum atomic E-state index is 6.09. The van der Waals surface area contributed by atoms with Crippen molar-refractivity contribution in [1.29, 1.82) is 0 Å². The van der Waals surface area contributed by atoms with E-state index in [4.69, 9.17) is 17.4 Å². The van der Waals surface area contributed by atoms with Crippen LogP contribution in [0.5, 0.6) is 0 Å². The quantitative estimate of drug-likeness (QED) is 0.344. The summed E-state index contributed by atoms with van der Waals surface area (Å²) in [4.78, 5) is 4.34. The molecular weight excluding hydrogens is 316 g/mol. The summed E-state index contributed by atoms with van der Waals surface area (Å²) in [6.07, 6.45) is 0. The van der Waals surface area contributed by atoms with Crippen molar-refractivity contribution in [2.45, 2.75) is 20.8 Å². The molecule has 1 rings (SSSR count). The van der Waals surface area contributed by atoms with E-state index in [1.54, 1.807) is 0 Å². The van der Waals surface area contributed by atoms with Crippen LogP contribution in [0, 0.1) is 12.8 Å². The van der Waals surface area contributed by atoms with Crippen molar-refractivity contribution in [2.75, 3.05) is 11.9 Å². The Morgan fingerprint density at radius 3 is 2.72 bits per heavy atom. The van der Waals surface area contributed by atoms with Gasteiger partial charge < -0.3 is 5.32 Å². The number of nitrogens with two attached hydrogens (primary N) is 1. The van der Waals surface area contributed by atoms with Gasteiger partial charge in [0.25, 0.3) is 0 Å². The predicted octanol–water partition coefficient (Wildman–Crippen LogP) is 3.30. The normalized spacial score (nSPS) is 11.8. The molecule has 0 bridgehead atoms. The molecule has 0 fully saturated rings. The molecule has 100 valence electrons. The number of aliphatic imine (C=N–C) groups is 1. The minimum absolute atomic E-state index is 0.472. The van der Waals surface area contributed by atoms with E-state index in [1.807, 2.05) is 19.1 Å². The van der Waals surface area contributed by atoms with Gasteiger partial charge in [0.1, 0.15) is 0 Å². The zero-order chi connectivity index (χ0) is 13.7. The van der Waals surface area contributed by atoms with Gasteiger partial charge in [-0.05, 0) is 46.5 Å². The smallest absolute Gasteiger partial charge is 0.210 e. The molecule has 0 radical (unpaired) electrons. The number of benzene rings is 1. The van der Waals surface area contributed by atoms with Crippen molar-refractivity contribution in [2.24, 2.45) is 16.8 Å². The Morgan fingerprint density at radius 2 is 2.17 bits per heavy atom. The number of hydrogen-bond acceptors (Lipinski definition) is 2. The molecule has 1 aromatic carbocycles. The van der Waals surface area contributed by atoms with Crippen LogP contribution in [-0.4, -0.2) is 12.5 Å². The lowest BCUT2D eigenvalue weighted by Crippen LogP contribution is -2.36. The molecule has 0 atom stereocenters. The van der Waals surface area contributed by atoms with E-state index in [-0.39, 0.29) is 0 Å². The van der Waals surface area contributed by atoms with Gasteiger partial charge in [0.05, 0.1) is 5.69 Å². The summed E-state index contributed by atoms with van der Waals surface area (Å²) in [5, 5.41) is 3.80. The molecule has 0 heterocycles. The average molecular weight is 334 g/mol. The average Bonchev–Trinajstić information content (AvgIpc) is 2.30. The number of guanidine groups is 1. The van der Waals surface area contributed by atoms with Gasteiger partial charge in [-0.3, -0.25) is 10.4 Å². The zero-order valence-corrected chi connectivity index (χ0v) is 13.1. The highest BCUT2D eigenvalue weighted by Gasteiger charge is 2.06. The fourth-order valence-electron chi connectivity index (χ4n) is 1.26. The van der Waals surface area contributed by atoms with Crippen LogP contribution in [0.15, 0.2) is 21.6 Å². The third kappa shape index (κ3) is 4.48. The van der Waals surface area contributed by atoms with Gasteiger partial charge in [0.15, 0.2) is 0 Å². The van der Waals surface area contributed by atoms with Crippen LogP contribution in [0.3, 0.4) is 0 Å². The van der Waals surface area contributed by atoms with E-state index in [0.717, 1.165) is 15.7 Å². The van der Waals surface area contributed by atoms with Crippen LogP contribution < -0.4 is 16.6 Å². The monoisotopic (exact) mass is 332 g/mol. The number of hydrogen-bond donors (Lipinski definition) is 3. The molecule has 0 unspecified atom stereocenters. The number of anilines is 1. The van der Waals surface area contributed by atoms with Crippen molar-refractivity contribution < 1.29 is 0 Å². The van der Waals surface area contributed by atoms with E-state index in [1.165, 1.54) is 0 Å². The molecule has 0 spiro atoms. The Balaban J connectivity index is 2.88. The molecule has 4 nitrogen and oxygen atoms in total. The Bertz CT molecular complexity index is 446. The molecule has 18 heavy (non-hydrogen) atoms. The minimum atomic E-state index is 0.472. The standard InChI is InChI=1S/C12H18BrClN4/c1-7(2)6-16-12(18-15)17-11-5-10(14)8(3)4-9(11)13/h4-5,7H,6,15H2,1-3H3,(H2,16,17,18). The van der Waals surface area contributed by atoms with Crippen LogP contribution in [0.4, 0.5) is 5.69 Å². The Hall–Kier alpha value is -0.780. The number of nitrogens with zero attached hydrogens (tertiary/aromatic N) is 1. The number of hydrazine groups is 1. The number of rotatable bonds is 3. The molecule has 0 saturated heterocycles. The second kappa shape index (κ2) is 6.97. The van der Waals surface area contributed by atoms with Crippen LogP contribution in [-0.2, 0) is 0 Å². The topological polar surface area (TPSA) is 62.4 Å². The van der Waals surface area contributed by atoms with E-state index >= 15 is 0 Å². The predicted molar refractivity (Wildman–Crippen MR) is 82.0 cm³/mol. The van der Waals surface area contributed by atoms with Gasteiger partial charge in [0, 0.05) is 16.0 Å². The maximum absolute atomic E-state index is 6.09. The highest BCUT2D eigenvalue weighted by Crippen LogP contribution is 2.29. The van der Waals surface area contributed by atoms with Gasteiger partial charge in [-0.15, -0.1) is 0 Å². The van der Waals surface area contributed by atoms with Gasteiger partial charge in [-0.2, -0.15) is 0 Å². The van der Waals surface area contributed by atoms with Crippen LogP contribution in [0.25, 0.3) is 0 Å². The summed E-state index contributed by atoms with van der Waals surface area (Å²) in [5.41, 5.74) is 4.38. The highest BCUT2D eigenvalue weighted by molar-refractivity contribution is 9.10. The molecule has 0 aliphatic carbocycles. The first-order chi connectivity index (χ1) is 8.43. The summed E-state index contributed by atoms with van der Waals surface area (Å²) in [5.74, 6) is 6.42. The largest absolute Gasteiger partial charge is 0.324 e. The number of aryl methyl sites for hydroxylation is 1. The molecule has 4 N–H and O–H groups in total. The van der Waals surface area contributed by atoms with Crippen LogP contribution in [0.2, 0.25) is 5.02 Å². The molecule has 0 saturated carbocycles. The van der Waals surface area contributed by atoms with E-state index in [2.05, 4.69) is 45.5 Å². The van der Waals surface area contributed by atoms with Gasteiger partial charge in [-0.25, -0.2) is 5.84 Å². The lowest BCUT2D eigenvalue weighted by atomic mass is 10.2. The first-order valence-corrected chi connectivity index (χ1v) is 6.85. The van der Waals surface area contributed by atoms with Gasteiger partial charge in [-0.1, -0.05) is 25.4 Å². The van der Waals surface area contributed by atoms with Crippen molar-refractivity contribution >= 4 is 39.2 Å². The van der Waals surface area contributed by atoms with Crippen molar-refractivity contribution in [3.8, 4) is 0 Å². The van der Waals surface area contributed by atoms with E-state index < -0.39 is 0 Å². The summed E-state index contributed by atoms with van der Waals surface area (Å²) in [6, 6.07) is 3.78. The molecule has 0 aliphatic heterocycles. The summed E-state index contributed by atoms with van der Waals surface area (Å²) in [7, 11) is 0. The summed E-state index contributed by atoms with van der Waals surface area (Å²) in [6.45, 7) is 6.84. The molecule has 0 aliphatic rings. The third-order valence-electron chi connectivity index (χ3n) is 2.25. The van der Waals surface area contributed by atoms with Crippen molar-refractivity contribution in [3.63, 3.8) is 0 Å². The number of nitrogens with one attached hydrogen (secondary N) is 2. The Labute approximate surface area is 121 Å². The SMILES string of the molecule is Cc1cc(Br)c(NC(=NCC(C)C)NN)cc1Cl. The van der Waals surface area contributed by atoms with Gasteiger partial charge in [0.2, 0.25) is 5.96 Å². The van der Waals surface area contributed by atoms with Gasteiger partial charge >= 0.3 is 0 Å². The Morgan fingerprint density at radius 1 is 1.50 bits per heavy atom. The van der Waals surface area contributed by atoms with Crippen molar-refractivity contribution in [3.05, 3.63) is 27.2 Å². The lowest BCUT2D eigenvalue weighted by molar-refractivity contribution is 0.663. The fraction of sp³-hybridized carbons (Fsp3) is 0.417. The van der Waals surface area contributed by atoms with E-state index in [0.29, 0.717) is 23.4 Å². The first-order valence-electron chi connectivity index (χ1n) is 5.67. The lowest BCUT2D eigenvalue weighted by Gasteiger charge is -2.13. The number of halogens is 2. The molecule has 6 heteroatoms. The molecule has 0 amide bonds. The third-order valence-corrected chi connectivity index (χ3v) is 3.32. The Kier molecular flexibility index (Phi) is 5.91. The summed E-state index contributed by atoms with van der Waals surface area (Å²) >= 11 is 9.56. The first kappa shape index (κ1) is 15.3. The second-order valence-corrected chi connectivity index (χ2v) is 5.70. The van der Waals surface area contributed by atoms with Crippen molar-refractivity contribution in [1.82, 2.24) is 5.43 Å². The van der Waals surface area contributed by atoms with Crippen LogP contribution in [0.1, 0.15) is 19.4 Å². The van der Waals surface area contributed by atoms with E-state index in [9.17, 15) is 0 Å². The molecular formula is C12H18BrClN4. The fourth-order valence-corrected chi connectivity index (χ4v) is 1.99. The van der Waals surface area contributed by atoms with Crippen LogP contribution >= 0.6 is 27.5 Å². The molecule has 1 aromatic rings. The minimum Gasteiger partial charge on any atom is -0.324 e. The molecule has 0 aromatic heterocycles. The highest BCUT2D eigenvalue weighted by atomic mass is 79.9. The zero-order valence-electron chi connectivity index (χ0n) is 10.7.